The molecule has 0 radical (unpaired) electrons. The number of nitrogens with two attached hydrogens (primary N) is 1. The van der Waals surface area contributed by atoms with Crippen LogP contribution in [0.5, 0.6) is 0 Å². The molecule has 1 amide bonds. The molecule has 4 rings (SSSR count). The summed E-state index contributed by atoms with van der Waals surface area (Å²) in [6.07, 6.45) is 13.5. The second-order valence-electron chi connectivity index (χ2n) is 9.14. The van der Waals surface area contributed by atoms with Crippen molar-refractivity contribution < 1.29 is 14.3 Å². The number of fused-ring (bicyclic) bond motifs is 1. The molecule has 3 aromatic rings. The van der Waals surface area contributed by atoms with Crippen molar-refractivity contribution >= 4 is 35.4 Å². The second kappa shape index (κ2) is 13.2. The Kier molecular flexibility index (Phi) is 10.00. The zero-order valence-electron chi connectivity index (χ0n) is 20.9. The second-order valence-corrected chi connectivity index (χ2v) is 9.14. The van der Waals surface area contributed by atoms with Gasteiger partial charge < -0.3 is 15.8 Å². The molecule has 3 N–H and O–H groups in total. The van der Waals surface area contributed by atoms with Crippen molar-refractivity contribution in [3.8, 4) is 17.3 Å². The Labute approximate surface area is 221 Å². The number of nitrogens with one attached hydrogen (secondary N) is 1. The largest absolute Gasteiger partial charge is 0.467 e. The van der Waals surface area contributed by atoms with E-state index in [1.165, 1.54) is 30.8 Å². The van der Waals surface area contributed by atoms with Crippen LogP contribution in [0.15, 0.2) is 31.0 Å². The fourth-order valence-electron chi connectivity index (χ4n) is 5.00. The summed E-state index contributed by atoms with van der Waals surface area (Å²) in [4.78, 5) is 34.0. The number of aromatic nitrogens is 5. The minimum Gasteiger partial charge on any atom is -0.467 e. The number of methoxy groups -OCH3 is 1. The Morgan fingerprint density at radius 3 is 2.78 bits per heavy atom. The van der Waals surface area contributed by atoms with Crippen molar-refractivity contribution in [1.82, 2.24) is 29.6 Å². The highest BCUT2D eigenvalue weighted by Crippen LogP contribution is 2.36. The molecule has 0 aromatic carbocycles. The quantitative estimate of drug-likeness (QED) is 0.299. The van der Waals surface area contributed by atoms with E-state index >= 15 is 0 Å². The monoisotopic (exact) mass is 528 g/mol. The number of nitriles is 1. The molecular weight excluding hydrogens is 496 g/mol. The van der Waals surface area contributed by atoms with Crippen molar-refractivity contribution in [2.75, 3.05) is 13.7 Å². The van der Waals surface area contributed by atoms with Crippen LogP contribution in [-0.2, 0) is 9.53 Å². The van der Waals surface area contributed by atoms with Crippen LogP contribution in [0, 0.1) is 17.2 Å². The molecule has 0 bridgehead atoms. The highest BCUT2D eigenvalue weighted by atomic mass is 35.5. The lowest BCUT2D eigenvalue weighted by atomic mass is 9.96. The number of halogens is 1. The van der Waals surface area contributed by atoms with Crippen molar-refractivity contribution in [2.45, 2.75) is 63.5 Å². The van der Waals surface area contributed by atoms with Crippen LogP contribution in [0.1, 0.15) is 57.4 Å². The average molecular weight is 529 g/mol. The Morgan fingerprint density at radius 2 is 2.08 bits per heavy atom. The maximum atomic E-state index is 13.1. The highest BCUT2D eigenvalue weighted by molar-refractivity contribution is 5.97. The summed E-state index contributed by atoms with van der Waals surface area (Å²) in [6, 6.07) is 2.85. The average Bonchev–Trinajstić information content (AvgIpc) is 3.67. The fourth-order valence-corrected chi connectivity index (χ4v) is 5.00. The molecule has 3 heterocycles. The molecular formula is C25H33ClN8O3. The van der Waals surface area contributed by atoms with E-state index in [-0.39, 0.29) is 18.4 Å². The summed E-state index contributed by atoms with van der Waals surface area (Å²) in [5.41, 5.74) is 7.40. The molecule has 3 aromatic heterocycles. The van der Waals surface area contributed by atoms with Crippen molar-refractivity contribution in [2.24, 2.45) is 11.7 Å². The molecule has 0 aliphatic heterocycles. The zero-order chi connectivity index (χ0) is 25.5. The minimum absolute atomic E-state index is 0. The molecule has 11 nitrogen and oxygen atoms in total. The minimum atomic E-state index is -0.779. The number of nitrogens with zero attached hydrogens (tertiary/aromatic N) is 6. The number of amides is 1. The third-order valence-electron chi connectivity index (χ3n) is 6.89. The zero-order valence-corrected chi connectivity index (χ0v) is 21.7. The fraction of sp³-hybridized carbons (Fsp3) is 0.520. The van der Waals surface area contributed by atoms with E-state index < -0.39 is 18.0 Å². The van der Waals surface area contributed by atoms with Gasteiger partial charge >= 0.3 is 12.0 Å². The third-order valence-corrected chi connectivity index (χ3v) is 6.89. The van der Waals surface area contributed by atoms with Crippen LogP contribution >= 0.6 is 12.4 Å². The first-order valence-corrected chi connectivity index (χ1v) is 12.4. The molecule has 0 spiro atoms. The van der Waals surface area contributed by atoms with Crippen LogP contribution in [0.25, 0.3) is 22.3 Å². The SMILES string of the molecule is COC(=O)[C@H](CCCCN)NC(=O)n1ccc2c(-c3cnn([C@H](CC#N)C4CCCC4)c3)ncnc21.Cl. The van der Waals surface area contributed by atoms with E-state index in [4.69, 9.17) is 10.5 Å². The van der Waals surface area contributed by atoms with Crippen LogP contribution < -0.4 is 11.1 Å². The lowest BCUT2D eigenvalue weighted by Gasteiger charge is -2.21. The van der Waals surface area contributed by atoms with Gasteiger partial charge in [-0.05, 0) is 50.6 Å². The van der Waals surface area contributed by atoms with Gasteiger partial charge in [-0.25, -0.2) is 19.6 Å². The molecule has 0 unspecified atom stereocenters. The van der Waals surface area contributed by atoms with E-state index in [1.807, 2.05) is 10.9 Å². The van der Waals surface area contributed by atoms with Gasteiger partial charge in [0.05, 0.1) is 37.5 Å². The summed E-state index contributed by atoms with van der Waals surface area (Å²) in [5, 5.41) is 17.4. The van der Waals surface area contributed by atoms with E-state index in [9.17, 15) is 14.9 Å². The highest BCUT2D eigenvalue weighted by Gasteiger charge is 2.28. The van der Waals surface area contributed by atoms with Gasteiger partial charge in [0, 0.05) is 23.3 Å². The van der Waals surface area contributed by atoms with Gasteiger partial charge in [0.2, 0.25) is 0 Å². The Bertz CT molecular complexity index is 1240. The van der Waals surface area contributed by atoms with Crippen molar-refractivity contribution in [3.63, 3.8) is 0 Å². The third kappa shape index (κ3) is 6.26. The Balaban J connectivity index is 0.00000380. The van der Waals surface area contributed by atoms with Crippen molar-refractivity contribution in [3.05, 3.63) is 31.0 Å². The molecule has 12 heteroatoms. The van der Waals surface area contributed by atoms with Crippen LogP contribution in [0.4, 0.5) is 4.79 Å². The van der Waals surface area contributed by atoms with Gasteiger partial charge in [0.1, 0.15) is 12.4 Å². The lowest BCUT2D eigenvalue weighted by molar-refractivity contribution is -0.143. The number of carbonyl (C=O) groups excluding carboxylic acids is 2. The number of hydrogen-bond donors (Lipinski definition) is 2. The molecule has 2 atom stereocenters. The number of esters is 1. The van der Waals surface area contributed by atoms with E-state index in [2.05, 4.69) is 26.5 Å². The van der Waals surface area contributed by atoms with Crippen LogP contribution in [-0.4, -0.2) is 56.0 Å². The summed E-state index contributed by atoms with van der Waals surface area (Å²) >= 11 is 0. The maximum Gasteiger partial charge on any atom is 0.328 e. The maximum absolute atomic E-state index is 13.1. The lowest BCUT2D eigenvalue weighted by Crippen LogP contribution is -2.43. The van der Waals surface area contributed by atoms with Gasteiger partial charge in [-0.1, -0.05) is 12.8 Å². The van der Waals surface area contributed by atoms with Gasteiger partial charge in [-0.15, -0.1) is 12.4 Å². The van der Waals surface area contributed by atoms with Gasteiger partial charge in [-0.3, -0.25) is 9.25 Å². The molecule has 1 aliphatic carbocycles. The molecule has 0 saturated heterocycles. The summed E-state index contributed by atoms with van der Waals surface area (Å²) in [5.74, 6) is -0.0612. The Hall–Kier alpha value is -3.49. The number of hydrogen-bond acceptors (Lipinski definition) is 8. The Morgan fingerprint density at radius 1 is 1.30 bits per heavy atom. The van der Waals surface area contributed by atoms with Gasteiger partial charge in [0.25, 0.3) is 0 Å². The number of rotatable bonds is 10. The van der Waals surface area contributed by atoms with Crippen LogP contribution in [0.3, 0.4) is 0 Å². The van der Waals surface area contributed by atoms with Gasteiger partial charge in [0.15, 0.2) is 5.65 Å². The first-order chi connectivity index (χ1) is 17.6. The molecule has 1 aliphatic rings. The van der Waals surface area contributed by atoms with E-state index in [0.717, 1.165) is 24.8 Å². The number of carbonyl (C=O) groups is 2. The van der Waals surface area contributed by atoms with E-state index in [1.54, 1.807) is 18.5 Å². The van der Waals surface area contributed by atoms with Gasteiger partial charge in [-0.2, -0.15) is 10.4 Å². The summed E-state index contributed by atoms with van der Waals surface area (Å²) in [6.45, 7) is 0.512. The van der Waals surface area contributed by atoms with Crippen LogP contribution in [0.2, 0.25) is 0 Å². The molecule has 37 heavy (non-hydrogen) atoms. The summed E-state index contributed by atoms with van der Waals surface area (Å²) in [7, 11) is 1.29. The van der Waals surface area contributed by atoms with E-state index in [0.29, 0.717) is 48.5 Å². The smallest absolute Gasteiger partial charge is 0.328 e. The topological polar surface area (TPSA) is 154 Å². The molecule has 1 saturated carbocycles. The molecule has 198 valence electrons. The summed E-state index contributed by atoms with van der Waals surface area (Å²) < 4.78 is 8.10. The number of unbranched alkanes of at least 4 members (excludes halogenated alkanes) is 1. The first kappa shape index (κ1) is 28.1. The standard InChI is InChI=1S/C25H32N8O3.ClH/c1-36-24(34)20(8-4-5-11-26)31-25(35)32-13-10-19-22(28-16-29-23(19)32)18-14-30-33(15-18)21(9-12-27)17-6-2-3-7-17;/h10,13-17,20-21H,2-9,11,26H2,1H3,(H,31,35);1H/t20-,21+;/m0./s1. The normalized spacial score (nSPS) is 15.1. The molecule has 1 fully saturated rings. The first-order valence-electron chi connectivity index (χ1n) is 12.4. The predicted octanol–water partition coefficient (Wildman–Crippen LogP) is 3.59. The predicted molar refractivity (Wildman–Crippen MR) is 140 cm³/mol. The van der Waals surface area contributed by atoms with Crippen molar-refractivity contribution in [1.29, 1.82) is 5.26 Å². The number of ether oxygens (including phenoxy) is 1.